The van der Waals surface area contributed by atoms with Crippen LogP contribution < -0.4 is 5.32 Å². The quantitative estimate of drug-likeness (QED) is 0.794. The normalized spacial score (nSPS) is 10.8. The van der Waals surface area contributed by atoms with Crippen LogP contribution in [0.25, 0.3) is 5.65 Å². The molecule has 0 atom stereocenters. The summed E-state index contributed by atoms with van der Waals surface area (Å²) >= 11 is 3.41. The van der Waals surface area contributed by atoms with Crippen LogP contribution in [0.15, 0.2) is 47.3 Å². The van der Waals surface area contributed by atoms with Gasteiger partial charge in [-0.05, 0) is 52.7 Å². The smallest absolute Gasteiger partial charge is 0.270 e. The fraction of sp³-hybridized carbons (Fsp3) is 0.133. The molecule has 106 valence electrons. The Bertz CT molecular complexity index is 798. The highest BCUT2D eigenvalue weighted by atomic mass is 79.9. The summed E-state index contributed by atoms with van der Waals surface area (Å²) in [5, 5.41) is 2.91. The maximum absolute atomic E-state index is 12.4. The topological polar surface area (TPSA) is 59.3 Å². The van der Waals surface area contributed by atoms with E-state index in [0.29, 0.717) is 17.9 Å². The van der Waals surface area contributed by atoms with Crippen LogP contribution in [0.5, 0.6) is 0 Å². The minimum atomic E-state index is -0.144. The monoisotopic (exact) mass is 344 g/mol. The molecule has 0 aliphatic carbocycles. The maximum atomic E-state index is 12.4. The summed E-state index contributed by atoms with van der Waals surface area (Å²) in [6.45, 7) is 2.30. The number of amides is 1. The molecule has 3 rings (SSSR count). The molecule has 0 aliphatic rings. The molecule has 0 radical (unpaired) electrons. The Balaban J connectivity index is 1.87. The zero-order valence-corrected chi connectivity index (χ0v) is 13.0. The van der Waals surface area contributed by atoms with Gasteiger partial charge in [-0.1, -0.05) is 0 Å². The van der Waals surface area contributed by atoms with Crippen LogP contribution >= 0.6 is 15.9 Å². The van der Waals surface area contributed by atoms with Gasteiger partial charge in [-0.25, -0.2) is 4.98 Å². The Labute approximate surface area is 130 Å². The molecule has 1 amide bonds. The number of hydrogen-bond acceptors (Lipinski definition) is 3. The predicted molar refractivity (Wildman–Crippen MR) is 83.0 cm³/mol. The molecule has 0 aromatic carbocycles. The van der Waals surface area contributed by atoms with E-state index in [4.69, 9.17) is 0 Å². The van der Waals surface area contributed by atoms with Gasteiger partial charge >= 0.3 is 0 Å². The standard InChI is InChI=1S/C15H13BrN4O/c1-10-14(20-9-12(16)2-3-13(20)19-10)15(21)18-8-11-4-6-17-7-5-11/h2-7,9H,8H2,1H3,(H,18,21). The van der Waals surface area contributed by atoms with Crippen molar-refractivity contribution in [2.24, 2.45) is 0 Å². The average Bonchev–Trinajstić information content (AvgIpc) is 2.81. The molecule has 0 aliphatic heterocycles. The lowest BCUT2D eigenvalue weighted by molar-refractivity contribution is 0.0944. The van der Waals surface area contributed by atoms with E-state index >= 15 is 0 Å². The molecule has 1 N–H and O–H groups in total. The molecular formula is C15H13BrN4O. The van der Waals surface area contributed by atoms with E-state index in [1.54, 1.807) is 16.8 Å². The van der Waals surface area contributed by atoms with E-state index in [0.717, 1.165) is 15.7 Å². The van der Waals surface area contributed by atoms with Crippen molar-refractivity contribution in [1.29, 1.82) is 0 Å². The van der Waals surface area contributed by atoms with E-state index in [1.807, 2.05) is 37.4 Å². The number of carbonyl (C=O) groups is 1. The van der Waals surface area contributed by atoms with E-state index in [-0.39, 0.29) is 5.91 Å². The molecule has 6 heteroatoms. The van der Waals surface area contributed by atoms with Gasteiger partial charge in [0.1, 0.15) is 11.3 Å². The van der Waals surface area contributed by atoms with Gasteiger partial charge in [-0.15, -0.1) is 0 Å². The lowest BCUT2D eigenvalue weighted by atomic mass is 10.2. The minimum Gasteiger partial charge on any atom is -0.347 e. The Hall–Kier alpha value is -2.21. The zero-order valence-electron chi connectivity index (χ0n) is 11.4. The second-order valence-electron chi connectivity index (χ2n) is 4.66. The first-order valence-electron chi connectivity index (χ1n) is 6.46. The third kappa shape index (κ3) is 2.80. The van der Waals surface area contributed by atoms with Crippen molar-refractivity contribution >= 4 is 27.5 Å². The van der Waals surface area contributed by atoms with Gasteiger partial charge in [-0.2, -0.15) is 0 Å². The van der Waals surface area contributed by atoms with Crippen LogP contribution in [0.4, 0.5) is 0 Å². The summed E-state index contributed by atoms with van der Waals surface area (Å²) < 4.78 is 2.69. The van der Waals surface area contributed by atoms with Crippen LogP contribution in [0.1, 0.15) is 21.7 Å². The van der Waals surface area contributed by atoms with Crippen molar-refractivity contribution < 1.29 is 4.79 Å². The molecule has 0 saturated heterocycles. The Morgan fingerprint density at radius 3 is 2.81 bits per heavy atom. The lowest BCUT2D eigenvalue weighted by Gasteiger charge is -2.06. The number of nitrogens with zero attached hydrogens (tertiary/aromatic N) is 3. The summed E-state index contributed by atoms with van der Waals surface area (Å²) in [5.41, 5.74) is 3.02. The number of aromatic nitrogens is 3. The van der Waals surface area contributed by atoms with Gasteiger partial charge in [0, 0.05) is 29.6 Å². The number of pyridine rings is 2. The number of fused-ring (bicyclic) bond motifs is 1. The van der Waals surface area contributed by atoms with E-state index in [9.17, 15) is 4.79 Å². The van der Waals surface area contributed by atoms with Gasteiger partial charge in [0.05, 0.1) is 5.69 Å². The molecule has 0 saturated carbocycles. The highest BCUT2D eigenvalue weighted by Gasteiger charge is 2.16. The summed E-state index contributed by atoms with van der Waals surface area (Å²) in [7, 11) is 0. The van der Waals surface area contributed by atoms with Crippen molar-refractivity contribution in [3.63, 3.8) is 0 Å². The van der Waals surface area contributed by atoms with Crippen molar-refractivity contribution in [2.75, 3.05) is 0 Å². The summed E-state index contributed by atoms with van der Waals surface area (Å²) in [6.07, 6.45) is 5.26. The van der Waals surface area contributed by atoms with Gasteiger partial charge < -0.3 is 5.32 Å². The van der Waals surface area contributed by atoms with Crippen LogP contribution in [0.3, 0.4) is 0 Å². The van der Waals surface area contributed by atoms with Crippen LogP contribution in [0, 0.1) is 6.92 Å². The Morgan fingerprint density at radius 2 is 2.05 bits per heavy atom. The predicted octanol–water partition coefficient (Wildman–Crippen LogP) is 2.73. The second-order valence-corrected chi connectivity index (χ2v) is 5.58. The van der Waals surface area contributed by atoms with Crippen LogP contribution in [-0.4, -0.2) is 20.3 Å². The van der Waals surface area contributed by atoms with Gasteiger partial charge in [0.2, 0.25) is 0 Å². The SMILES string of the molecule is Cc1nc2ccc(Br)cn2c1C(=O)NCc1ccncc1. The molecule has 0 unspecified atom stereocenters. The van der Waals surface area contributed by atoms with Gasteiger partial charge in [-0.3, -0.25) is 14.2 Å². The third-order valence-electron chi connectivity index (χ3n) is 3.17. The Morgan fingerprint density at radius 1 is 1.29 bits per heavy atom. The highest BCUT2D eigenvalue weighted by molar-refractivity contribution is 9.10. The van der Waals surface area contributed by atoms with E-state index in [1.165, 1.54) is 0 Å². The molecule has 0 spiro atoms. The maximum Gasteiger partial charge on any atom is 0.270 e. The molecule has 3 aromatic rings. The molecule has 5 nitrogen and oxygen atoms in total. The summed E-state index contributed by atoms with van der Waals surface area (Å²) in [4.78, 5) is 20.8. The van der Waals surface area contributed by atoms with E-state index < -0.39 is 0 Å². The number of hydrogen-bond donors (Lipinski definition) is 1. The molecule has 0 fully saturated rings. The lowest BCUT2D eigenvalue weighted by Crippen LogP contribution is -2.25. The number of carbonyl (C=O) groups excluding carboxylic acids is 1. The molecule has 0 bridgehead atoms. The number of halogens is 1. The third-order valence-corrected chi connectivity index (χ3v) is 3.64. The van der Waals surface area contributed by atoms with E-state index in [2.05, 4.69) is 31.2 Å². The van der Waals surface area contributed by atoms with Crippen LogP contribution in [0.2, 0.25) is 0 Å². The molecule has 21 heavy (non-hydrogen) atoms. The summed E-state index contributed by atoms with van der Waals surface area (Å²) in [6, 6.07) is 7.52. The Kier molecular flexibility index (Phi) is 3.70. The van der Waals surface area contributed by atoms with Crippen LogP contribution in [-0.2, 0) is 6.54 Å². The van der Waals surface area contributed by atoms with Gasteiger partial charge in [0.25, 0.3) is 5.91 Å². The highest BCUT2D eigenvalue weighted by Crippen LogP contribution is 2.16. The van der Waals surface area contributed by atoms with Crippen molar-refractivity contribution in [3.8, 4) is 0 Å². The number of nitrogens with one attached hydrogen (secondary N) is 1. The number of aryl methyl sites for hydroxylation is 1. The zero-order chi connectivity index (χ0) is 14.8. The van der Waals surface area contributed by atoms with Gasteiger partial charge in [0.15, 0.2) is 0 Å². The fourth-order valence-electron chi connectivity index (χ4n) is 2.18. The largest absolute Gasteiger partial charge is 0.347 e. The van der Waals surface area contributed by atoms with Crippen molar-refractivity contribution in [1.82, 2.24) is 19.7 Å². The molecule has 3 aromatic heterocycles. The minimum absolute atomic E-state index is 0.144. The molecular weight excluding hydrogens is 332 g/mol. The number of rotatable bonds is 3. The first-order chi connectivity index (χ1) is 10.1. The fourth-order valence-corrected chi connectivity index (χ4v) is 2.51. The first-order valence-corrected chi connectivity index (χ1v) is 7.26. The molecule has 3 heterocycles. The number of imidazole rings is 1. The summed E-state index contributed by atoms with van der Waals surface area (Å²) in [5.74, 6) is -0.144. The average molecular weight is 345 g/mol. The second kappa shape index (κ2) is 5.65. The first kappa shape index (κ1) is 13.8. The van der Waals surface area contributed by atoms with Crippen molar-refractivity contribution in [3.05, 3.63) is 64.3 Å². The van der Waals surface area contributed by atoms with Crippen molar-refractivity contribution in [2.45, 2.75) is 13.5 Å².